The first-order valence-electron chi connectivity index (χ1n) is 8.15. The number of hydrogen-bond acceptors (Lipinski definition) is 4. The maximum atomic E-state index is 13.8. The quantitative estimate of drug-likeness (QED) is 0.858. The normalized spacial score (nSPS) is 29.0. The van der Waals surface area contributed by atoms with Crippen molar-refractivity contribution in [1.29, 1.82) is 0 Å². The largest absolute Gasteiger partial charge is 0.273 e. The second-order valence-corrected chi connectivity index (χ2v) is 6.40. The van der Waals surface area contributed by atoms with E-state index in [0.29, 0.717) is 31.6 Å². The van der Waals surface area contributed by atoms with Crippen LogP contribution in [0, 0.1) is 12.3 Å². The Kier molecular flexibility index (Phi) is 4.31. The summed E-state index contributed by atoms with van der Waals surface area (Å²) in [7, 11) is 0. The van der Waals surface area contributed by atoms with E-state index >= 15 is 0 Å². The standard InChI is InChI=1S/C16H22F2N4O/c1-3-16(14(17)18)6-4-7-21-8-5-13(22(21)15(16)23)12-10-19-11(2)9-20-12/h9-10,13-14H,3-8H2,1-2H3/t13-,16+/m0/s1. The van der Waals surface area contributed by atoms with Gasteiger partial charge in [-0.15, -0.1) is 0 Å². The van der Waals surface area contributed by atoms with E-state index in [4.69, 9.17) is 0 Å². The number of hydrogen-bond donors (Lipinski definition) is 0. The van der Waals surface area contributed by atoms with Crippen LogP contribution in [0.5, 0.6) is 0 Å². The van der Waals surface area contributed by atoms with Gasteiger partial charge in [0.15, 0.2) is 0 Å². The van der Waals surface area contributed by atoms with Gasteiger partial charge in [-0.1, -0.05) is 6.92 Å². The lowest BCUT2D eigenvalue weighted by molar-refractivity contribution is -0.166. The molecule has 2 atom stereocenters. The molecular formula is C16H22F2N4O. The zero-order valence-electron chi connectivity index (χ0n) is 13.5. The highest BCUT2D eigenvalue weighted by Gasteiger charge is 2.53. The molecule has 0 unspecified atom stereocenters. The molecule has 0 saturated carbocycles. The van der Waals surface area contributed by atoms with E-state index in [2.05, 4.69) is 9.97 Å². The molecule has 1 aromatic heterocycles. The fourth-order valence-electron chi connectivity index (χ4n) is 3.63. The van der Waals surface area contributed by atoms with Crippen LogP contribution in [0.25, 0.3) is 0 Å². The van der Waals surface area contributed by atoms with Gasteiger partial charge in [-0.05, 0) is 32.6 Å². The lowest BCUT2D eigenvalue weighted by Gasteiger charge is -2.37. The molecule has 1 aromatic rings. The van der Waals surface area contributed by atoms with Crippen molar-refractivity contribution in [3.05, 3.63) is 23.8 Å². The summed E-state index contributed by atoms with van der Waals surface area (Å²) in [4.78, 5) is 21.6. The average Bonchev–Trinajstić information content (AvgIpc) is 2.89. The van der Waals surface area contributed by atoms with Crippen molar-refractivity contribution >= 4 is 5.91 Å². The van der Waals surface area contributed by atoms with Gasteiger partial charge in [-0.25, -0.2) is 13.8 Å². The summed E-state index contributed by atoms with van der Waals surface area (Å²) in [6.07, 6.45) is 2.35. The molecule has 126 valence electrons. The Morgan fingerprint density at radius 3 is 2.74 bits per heavy atom. The third-order valence-electron chi connectivity index (χ3n) is 5.12. The minimum atomic E-state index is -2.65. The molecule has 7 heteroatoms. The number of fused-ring (bicyclic) bond motifs is 1. The van der Waals surface area contributed by atoms with Gasteiger partial charge >= 0.3 is 0 Å². The number of amides is 1. The van der Waals surface area contributed by atoms with Crippen LogP contribution in [0.3, 0.4) is 0 Å². The number of alkyl halides is 2. The van der Waals surface area contributed by atoms with Gasteiger partial charge in [0.05, 0.1) is 23.6 Å². The smallest absolute Gasteiger partial charge is 0.252 e. The molecular weight excluding hydrogens is 302 g/mol. The molecule has 3 heterocycles. The summed E-state index contributed by atoms with van der Waals surface area (Å²) in [5, 5.41) is 3.45. The minimum Gasteiger partial charge on any atom is -0.273 e. The third-order valence-corrected chi connectivity index (χ3v) is 5.12. The number of carbonyl (C=O) groups excluding carboxylic acids is 1. The molecule has 2 saturated heterocycles. The maximum absolute atomic E-state index is 13.8. The third kappa shape index (κ3) is 2.60. The first-order chi connectivity index (χ1) is 11.0. The van der Waals surface area contributed by atoms with Crippen LogP contribution >= 0.6 is 0 Å². The van der Waals surface area contributed by atoms with Crippen molar-refractivity contribution in [1.82, 2.24) is 20.0 Å². The molecule has 0 N–H and O–H groups in total. The monoisotopic (exact) mass is 324 g/mol. The SMILES string of the molecule is CC[C@]1(C(F)F)CCCN2CC[C@@H](c3cnc(C)cn3)N2C1=O. The van der Waals surface area contributed by atoms with E-state index in [-0.39, 0.29) is 18.9 Å². The van der Waals surface area contributed by atoms with Crippen LogP contribution in [-0.2, 0) is 4.79 Å². The molecule has 2 aliphatic rings. The van der Waals surface area contributed by atoms with Gasteiger partial charge < -0.3 is 0 Å². The molecule has 5 nitrogen and oxygen atoms in total. The topological polar surface area (TPSA) is 49.3 Å². The molecule has 0 bridgehead atoms. The number of hydrazine groups is 1. The van der Waals surface area contributed by atoms with Crippen molar-refractivity contribution in [2.45, 2.75) is 52.0 Å². The highest BCUT2D eigenvalue weighted by Crippen LogP contribution is 2.44. The van der Waals surface area contributed by atoms with Crippen LogP contribution in [-0.4, -0.2) is 45.4 Å². The average molecular weight is 324 g/mol. The summed E-state index contributed by atoms with van der Waals surface area (Å²) in [6, 6.07) is -0.293. The molecule has 0 aliphatic carbocycles. The summed E-state index contributed by atoms with van der Waals surface area (Å²) < 4.78 is 27.5. The van der Waals surface area contributed by atoms with Crippen LogP contribution in [0.15, 0.2) is 12.4 Å². The lowest BCUT2D eigenvalue weighted by Crippen LogP contribution is -2.50. The van der Waals surface area contributed by atoms with Crippen LogP contribution < -0.4 is 0 Å². The zero-order chi connectivity index (χ0) is 16.6. The minimum absolute atomic E-state index is 0.153. The summed E-state index contributed by atoms with van der Waals surface area (Å²) in [5.74, 6) is -0.461. The fourth-order valence-corrected chi connectivity index (χ4v) is 3.63. The van der Waals surface area contributed by atoms with E-state index in [0.717, 1.165) is 5.69 Å². The van der Waals surface area contributed by atoms with Gasteiger partial charge in [-0.3, -0.25) is 19.8 Å². The van der Waals surface area contributed by atoms with Gasteiger partial charge in [-0.2, -0.15) is 0 Å². The first-order valence-corrected chi connectivity index (χ1v) is 8.15. The highest BCUT2D eigenvalue weighted by molar-refractivity contribution is 5.83. The fraction of sp³-hybridized carbons (Fsp3) is 0.688. The Morgan fingerprint density at radius 1 is 1.35 bits per heavy atom. The van der Waals surface area contributed by atoms with Gasteiger partial charge in [0.2, 0.25) is 5.91 Å². The number of nitrogens with zero attached hydrogens (tertiary/aromatic N) is 4. The molecule has 0 spiro atoms. The van der Waals surface area contributed by atoms with E-state index < -0.39 is 17.7 Å². The Bertz CT molecular complexity index is 580. The molecule has 3 rings (SSSR count). The number of aryl methyl sites for hydroxylation is 1. The zero-order valence-corrected chi connectivity index (χ0v) is 13.5. The molecule has 2 fully saturated rings. The first kappa shape index (κ1) is 16.2. The second-order valence-electron chi connectivity index (χ2n) is 6.40. The number of aromatic nitrogens is 2. The number of rotatable bonds is 3. The van der Waals surface area contributed by atoms with Gasteiger partial charge in [0.25, 0.3) is 6.43 Å². The van der Waals surface area contributed by atoms with Crippen molar-refractivity contribution in [3.63, 3.8) is 0 Å². The highest BCUT2D eigenvalue weighted by atomic mass is 19.3. The molecule has 1 amide bonds. The predicted octanol–water partition coefficient (Wildman–Crippen LogP) is 2.73. The summed E-state index contributed by atoms with van der Waals surface area (Å²) in [5.41, 5.74) is -0.107. The van der Waals surface area contributed by atoms with Crippen molar-refractivity contribution < 1.29 is 13.6 Å². The van der Waals surface area contributed by atoms with E-state index in [1.165, 1.54) is 0 Å². The van der Waals surface area contributed by atoms with Gasteiger partial charge in [0.1, 0.15) is 5.41 Å². The Labute approximate surface area is 134 Å². The van der Waals surface area contributed by atoms with Gasteiger partial charge in [0, 0.05) is 19.3 Å². The van der Waals surface area contributed by atoms with Crippen molar-refractivity contribution in [3.8, 4) is 0 Å². The lowest BCUT2D eigenvalue weighted by atomic mass is 9.79. The molecule has 0 aromatic carbocycles. The predicted molar refractivity (Wildman–Crippen MR) is 80.5 cm³/mol. The molecule has 0 radical (unpaired) electrons. The van der Waals surface area contributed by atoms with E-state index in [1.807, 2.05) is 11.9 Å². The van der Waals surface area contributed by atoms with Crippen LogP contribution in [0.1, 0.15) is 50.0 Å². The van der Waals surface area contributed by atoms with Crippen LogP contribution in [0.4, 0.5) is 8.78 Å². The Hall–Kier alpha value is -1.63. The van der Waals surface area contributed by atoms with Crippen molar-refractivity contribution in [2.75, 3.05) is 13.1 Å². The van der Waals surface area contributed by atoms with E-state index in [1.54, 1.807) is 24.3 Å². The Morgan fingerprint density at radius 2 is 2.13 bits per heavy atom. The number of halogens is 2. The van der Waals surface area contributed by atoms with Crippen molar-refractivity contribution in [2.24, 2.45) is 5.41 Å². The molecule has 23 heavy (non-hydrogen) atoms. The number of carbonyl (C=O) groups is 1. The second kappa shape index (κ2) is 6.11. The Balaban J connectivity index is 1.97. The summed E-state index contributed by atoms with van der Waals surface area (Å²) >= 11 is 0. The maximum Gasteiger partial charge on any atom is 0.252 e. The summed E-state index contributed by atoms with van der Waals surface area (Å²) in [6.45, 7) is 4.84. The van der Waals surface area contributed by atoms with Crippen LogP contribution in [0.2, 0.25) is 0 Å². The molecule has 2 aliphatic heterocycles. The van der Waals surface area contributed by atoms with E-state index in [9.17, 15) is 13.6 Å².